The van der Waals surface area contributed by atoms with E-state index >= 15 is 0 Å². The Morgan fingerprint density at radius 3 is 2.56 bits per heavy atom. The molecule has 1 aromatic carbocycles. The van der Waals surface area contributed by atoms with Gasteiger partial charge >= 0.3 is 5.97 Å². The zero-order valence-electron chi connectivity index (χ0n) is 14.3. The van der Waals surface area contributed by atoms with Crippen LogP contribution in [0, 0.1) is 5.82 Å². The molecule has 1 atom stereocenters. The van der Waals surface area contributed by atoms with Crippen LogP contribution in [0.5, 0.6) is 0 Å². The molecule has 8 heteroatoms. The summed E-state index contributed by atoms with van der Waals surface area (Å²) in [5.41, 5.74) is 0.869. The Kier molecular flexibility index (Phi) is 7.01. The van der Waals surface area contributed by atoms with Crippen molar-refractivity contribution in [2.75, 3.05) is 48.5 Å². The summed E-state index contributed by atoms with van der Waals surface area (Å²) in [5, 5.41) is 0. The number of alkyl halides is 1. The molecule has 1 aliphatic heterocycles. The van der Waals surface area contributed by atoms with E-state index in [4.69, 9.17) is 21.1 Å². The molecule has 1 saturated heterocycles. The van der Waals surface area contributed by atoms with Crippen LogP contribution < -0.4 is 9.80 Å². The number of amides is 1. The van der Waals surface area contributed by atoms with E-state index in [0.717, 1.165) is 0 Å². The molecule has 0 spiro atoms. The number of anilines is 2. The highest BCUT2D eigenvalue weighted by Crippen LogP contribution is 2.26. The van der Waals surface area contributed by atoms with Crippen molar-refractivity contribution in [1.82, 2.24) is 0 Å². The molecule has 25 heavy (non-hydrogen) atoms. The minimum Gasteiger partial charge on any atom is -0.459 e. The smallest absolute Gasteiger partial charge is 0.303 e. The lowest BCUT2D eigenvalue weighted by Crippen LogP contribution is -2.39. The highest BCUT2D eigenvalue weighted by atomic mass is 35.5. The molecule has 0 unspecified atom stereocenters. The lowest BCUT2D eigenvalue weighted by Gasteiger charge is -2.30. The van der Waals surface area contributed by atoms with Crippen molar-refractivity contribution < 1.29 is 23.5 Å². The highest BCUT2D eigenvalue weighted by Gasteiger charge is 2.22. The summed E-state index contributed by atoms with van der Waals surface area (Å²) in [5.74, 6) is -1.15. The second-order valence-electron chi connectivity index (χ2n) is 5.75. The Bertz CT molecular complexity index is 623. The normalized spacial score (nSPS) is 15.6. The van der Waals surface area contributed by atoms with Gasteiger partial charge in [0.2, 0.25) is 5.91 Å². The lowest BCUT2D eigenvalue weighted by molar-refractivity contribution is -0.145. The standard InChI is InChI=1S/C17H22ClFN2O4/c1-12(22)21(11-15(10-18)25-13(2)23)14-3-4-17(16(19)9-14)20-5-7-24-8-6-20/h3-4,9,15H,5-8,10-11H2,1-2H3/t15-/m1/s1. The number of hydrogen-bond acceptors (Lipinski definition) is 5. The summed E-state index contributed by atoms with van der Waals surface area (Å²) in [6.45, 7) is 5.05. The third kappa shape index (κ3) is 5.31. The van der Waals surface area contributed by atoms with Crippen molar-refractivity contribution in [2.24, 2.45) is 0 Å². The molecule has 0 saturated carbocycles. The maximum absolute atomic E-state index is 14.6. The quantitative estimate of drug-likeness (QED) is 0.566. The first-order chi connectivity index (χ1) is 11.9. The van der Waals surface area contributed by atoms with Gasteiger partial charge in [-0.15, -0.1) is 11.6 Å². The van der Waals surface area contributed by atoms with E-state index in [2.05, 4.69) is 0 Å². The topological polar surface area (TPSA) is 59.1 Å². The van der Waals surface area contributed by atoms with Crippen LogP contribution in [-0.4, -0.2) is 56.7 Å². The first-order valence-corrected chi connectivity index (χ1v) is 8.59. The summed E-state index contributed by atoms with van der Waals surface area (Å²) >= 11 is 5.80. The van der Waals surface area contributed by atoms with Crippen LogP contribution in [0.15, 0.2) is 18.2 Å². The van der Waals surface area contributed by atoms with Gasteiger partial charge in [0.15, 0.2) is 0 Å². The fourth-order valence-electron chi connectivity index (χ4n) is 2.70. The zero-order chi connectivity index (χ0) is 18.4. The number of rotatable bonds is 6. The van der Waals surface area contributed by atoms with Crippen molar-refractivity contribution in [3.63, 3.8) is 0 Å². The maximum Gasteiger partial charge on any atom is 0.303 e. The van der Waals surface area contributed by atoms with E-state index in [-0.39, 0.29) is 18.3 Å². The summed E-state index contributed by atoms with van der Waals surface area (Å²) in [7, 11) is 0. The fourth-order valence-corrected chi connectivity index (χ4v) is 2.86. The van der Waals surface area contributed by atoms with Gasteiger partial charge in [-0.1, -0.05) is 0 Å². The SMILES string of the molecule is CC(=O)O[C@H](CCl)CN(C(C)=O)c1ccc(N2CCOCC2)c(F)c1. The second kappa shape index (κ2) is 9.01. The van der Waals surface area contributed by atoms with Crippen LogP contribution >= 0.6 is 11.6 Å². The minimum absolute atomic E-state index is 0.0394. The van der Waals surface area contributed by atoms with Gasteiger partial charge in [-0.05, 0) is 18.2 Å². The third-order valence-electron chi connectivity index (χ3n) is 3.87. The van der Waals surface area contributed by atoms with Gasteiger partial charge in [0.25, 0.3) is 0 Å². The highest BCUT2D eigenvalue weighted by molar-refractivity contribution is 6.18. The Morgan fingerprint density at radius 1 is 1.36 bits per heavy atom. The van der Waals surface area contributed by atoms with Crippen LogP contribution in [0.25, 0.3) is 0 Å². The second-order valence-corrected chi connectivity index (χ2v) is 6.06. The van der Waals surface area contributed by atoms with Gasteiger partial charge in [0.1, 0.15) is 11.9 Å². The molecule has 1 heterocycles. The Labute approximate surface area is 151 Å². The molecule has 0 aromatic heterocycles. The number of ether oxygens (including phenoxy) is 2. The molecule has 0 aliphatic carbocycles. The number of halogens is 2. The molecule has 0 N–H and O–H groups in total. The molecular weight excluding hydrogens is 351 g/mol. The number of carbonyl (C=O) groups excluding carboxylic acids is 2. The molecule has 2 rings (SSSR count). The fraction of sp³-hybridized carbons (Fsp3) is 0.529. The van der Waals surface area contributed by atoms with Gasteiger partial charge < -0.3 is 19.3 Å². The third-order valence-corrected chi connectivity index (χ3v) is 4.21. The van der Waals surface area contributed by atoms with E-state index in [1.54, 1.807) is 12.1 Å². The molecule has 138 valence electrons. The van der Waals surface area contributed by atoms with Crippen molar-refractivity contribution in [3.05, 3.63) is 24.0 Å². The van der Waals surface area contributed by atoms with E-state index in [0.29, 0.717) is 37.7 Å². The van der Waals surface area contributed by atoms with Crippen LogP contribution in [0.2, 0.25) is 0 Å². The Morgan fingerprint density at radius 2 is 2.04 bits per heavy atom. The monoisotopic (exact) mass is 372 g/mol. The predicted molar refractivity (Wildman–Crippen MR) is 93.7 cm³/mol. The predicted octanol–water partition coefficient (Wildman–Crippen LogP) is 2.19. The first-order valence-electron chi connectivity index (χ1n) is 8.06. The number of nitrogens with zero attached hydrogens (tertiary/aromatic N) is 2. The van der Waals surface area contributed by atoms with Gasteiger partial charge in [0.05, 0.1) is 31.3 Å². The number of morpholine rings is 1. The molecule has 1 aromatic rings. The number of esters is 1. The average Bonchev–Trinajstić information content (AvgIpc) is 2.58. The number of carbonyl (C=O) groups is 2. The number of hydrogen-bond donors (Lipinski definition) is 0. The summed E-state index contributed by atoms with van der Waals surface area (Å²) in [6, 6.07) is 4.63. The summed E-state index contributed by atoms with van der Waals surface area (Å²) < 4.78 is 24.9. The van der Waals surface area contributed by atoms with E-state index in [9.17, 15) is 14.0 Å². The molecule has 6 nitrogen and oxygen atoms in total. The maximum atomic E-state index is 14.6. The van der Waals surface area contributed by atoms with Gasteiger partial charge in [-0.3, -0.25) is 9.59 Å². The Hall–Kier alpha value is -1.86. The van der Waals surface area contributed by atoms with Gasteiger partial charge in [-0.2, -0.15) is 0 Å². The molecule has 1 aliphatic rings. The first kappa shape index (κ1) is 19.5. The van der Waals surface area contributed by atoms with Crippen molar-refractivity contribution in [3.8, 4) is 0 Å². The molecule has 1 fully saturated rings. The van der Waals surface area contributed by atoms with E-state index in [1.165, 1.54) is 24.8 Å². The lowest BCUT2D eigenvalue weighted by atomic mass is 10.2. The van der Waals surface area contributed by atoms with Crippen LogP contribution in [0.4, 0.5) is 15.8 Å². The summed E-state index contributed by atoms with van der Waals surface area (Å²) in [6.07, 6.45) is -0.662. The molecule has 1 amide bonds. The van der Waals surface area contributed by atoms with Crippen molar-refractivity contribution in [1.29, 1.82) is 0 Å². The van der Waals surface area contributed by atoms with E-state index < -0.39 is 17.9 Å². The Balaban J connectivity index is 2.19. The largest absolute Gasteiger partial charge is 0.459 e. The number of benzene rings is 1. The van der Waals surface area contributed by atoms with Gasteiger partial charge in [-0.25, -0.2) is 4.39 Å². The molecule has 0 bridgehead atoms. The van der Waals surface area contributed by atoms with Gasteiger partial charge in [0, 0.05) is 32.6 Å². The average molecular weight is 373 g/mol. The zero-order valence-corrected chi connectivity index (χ0v) is 15.1. The minimum atomic E-state index is -0.662. The summed E-state index contributed by atoms with van der Waals surface area (Å²) in [4.78, 5) is 26.3. The van der Waals surface area contributed by atoms with Crippen LogP contribution in [-0.2, 0) is 19.1 Å². The van der Waals surface area contributed by atoms with Crippen LogP contribution in [0.3, 0.4) is 0 Å². The van der Waals surface area contributed by atoms with Crippen molar-refractivity contribution in [2.45, 2.75) is 20.0 Å². The molecular formula is C17H22ClFN2O4. The van der Waals surface area contributed by atoms with Crippen LogP contribution in [0.1, 0.15) is 13.8 Å². The van der Waals surface area contributed by atoms with E-state index in [1.807, 2.05) is 4.90 Å². The molecule has 0 radical (unpaired) electrons. The van der Waals surface area contributed by atoms with Crippen molar-refractivity contribution >= 4 is 34.9 Å².